The second-order valence-electron chi connectivity index (χ2n) is 7.44. The van der Waals surface area contributed by atoms with Crippen molar-refractivity contribution in [2.24, 2.45) is 0 Å². The fraction of sp³-hybridized carbons (Fsp3) is 0.111. The Hall–Kier alpha value is -3.32. The lowest BCUT2D eigenvalue weighted by molar-refractivity contribution is 0.802. The van der Waals surface area contributed by atoms with Gasteiger partial charge in [0.15, 0.2) is 0 Å². The van der Waals surface area contributed by atoms with Gasteiger partial charge in [-0.2, -0.15) is 0 Å². The van der Waals surface area contributed by atoms with Crippen molar-refractivity contribution in [1.82, 2.24) is 0 Å². The molecular weight excluding hydrogens is 338 g/mol. The van der Waals surface area contributed by atoms with Crippen LogP contribution in [0.25, 0.3) is 0 Å². The Kier molecular flexibility index (Phi) is 4.42. The van der Waals surface area contributed by atoms with Gasteiger partial charge in [-0.15, -0.1) is 0 Å². The van der Waals surface area contributed by atoms with Crippen LogP contribution in [0.2, 0.25) is 0 Å². The van der Waals surface area contributed by atoms with Gasteiger partial charge in [0.1, 0.15) is 0 Å². The molecule has 0 saturated heterocycles. The molecule has 1 nitrogen and oxygen atoms in total. The topological polar surface area (TPSA) is 3.24 Å². The number of hydrogen-bond donors (Lipinski definition) is 0. The van der Waals surface area contributed by atoms with Gasteiger partial charge < -0.3 is 4.90 Å². The molecule has 0 fully saturated rings. The maximum absolute atomic E-state index is 2.52. The highest BCUT2D eigenvalue weighted by Crippen LogP contribution is 2.42. The van der Waals surface area contributed by atoms with Crippen molar-refractivity contribution in [1.29, 1.82) is 0 Å². The molecule has 1 aliphatic heterocycles. The molecule has 4 aromatic carbocycles. The largest absolute Gasteiger partial charge is 0.363 e. The van der Waals surface area contributed by atoms with Crippen LogP contribution in [0.4, 0.5) is 5.69 Å². The third-order valence-corrected chi connectivity index (χ3v) is 5.66. The van der Waals surface area contributed by atoms with Crippen molar-refractivity contribution in [3.63, 3.8) is 0 Å². The molecule has 1 heterocycles. The second kappa shape index (κ2) is 7.36. The Bertz CT molecular complexity index is 1070. The maximum Gasteiger partial charge on any atom is 0.0436 e. The van der Waals surface area contributed by atoms with Gasteiger partial charge in [0.25, 0.3) is 0 Å². The average Bonchev–Trinajstić information content (AvgIpc) is 2.90. The van der Waals surface area contributed by atoms with Gasteiger partial charge in [0.05, 0.1) is 0 Å². The Morgan fingerprint density at radius 2 is 1.21 bits per heavy atom. The van der Waals surface area contributed by atoms with Gasteiger partial charge in [-0.3, -0.25) is 0 Å². The number of para-hydroxylation sites is 1. The van der Waals surface area contributed by atoms with Crippen LogP contribution in [0, 0.1) is 0 Å². The zero-order valence-corrected chi connectivity index (χ0v) is 15.8. The average molecular weight is 361 g/mol. The highest BCUT2D eigenvalue weighted by molar-refractivity contribution is 5.64. The molecule has 1 unspecified atom stereocenters. The van der Waals surface area contributed by atoms with E-state index < -0.39 is 0 Å². The number of fused-ring (bicyclic) bond motifs is 2. The normalized spacial score (nSPS) is 15.4. The summed E-state index contributed by atoms with van der Waals surface area (Å²) >= 11 is 0. The quantitative estimate of drug-likeness (QED) is 0.409. The first-order chi connectivity index (χ1) is 13.9. The summed E-state index contributed by atoms with van der Waals surface area (Å²) in [6, 6.07) is 39.5. The molecule has 0 saturated carbocycles. The van der Waals surface area contributed by atoms with Crippen molar-refractivity contribution in [3.8, 4) is 0 Å². The molecule has 136 valence electrons. The van der Waals surface area contributed by atoms with Crippen LogP contribution < -0.4 is 4.90 Å². The van der Waals surface area contributed by atoms with E-state index in [0.29, 0.717) is 0 Å². The zero-order chi connectivity index (χ0) is 18.8. The van der Waals surface area contributed by atoms with Gasteiger partial charge in [0.2, 0.25) is 0 Å². The standard InChI is InChI=1S/C27H23N/c1-3-11-21(12-4-1)19-28-20-23-15-7-8-16-24(23)27(22-13-5-2-6-14-22)25-17-9-10-18-26(25)28/h1-18,27H,19-20H2. The summed E-state index contributed by atoms with van der Waals surface area (Å²) in [4.78, 5) is 2.52. The van der Waals surface area contributed by atoms with E-state index in [1.54, 1.807) is 0 Å². The summed E-state index contributed by atoms with van der Waals surface area (Å²) in [5.74, 6) is 0.259. The first-order valence-corrected chi connectivity index (χ1v) is 9.91. The van der Waals surface area contributed by atoms with E-state index in [0.717, 1.165) is 13.1 Å². The van der Waals surface area contributed by atoms with Crippen molar-refractivity contribution in [3.05, 3.63) is 137 Å². The molecule has 0 spiro atoms. The van der Waals surface area contributed by atoms with Gasteiger partial charge in [-0.1, -0.05) is 103 Å². The zero-order valence-electron chi connectivity index (χ0n) is 15.8. The lowest BCUT2D eigenvalue weighted by Crippen LogP contribution is -2.22. The van der Waals surface area contributed by atoms with Crippen LogP contribution >= 0.6 is 0 Å². The molecule has 4 aromatic rings. The Balaban J connectivity index is 1.69. The molecule has 5 rings (SSSR count). The molecule has 0 bridgehead atoms. The summed E-state index contributed by atoms with van der Waals surface area (Å²) in [6.45, 7) is 1.83. The molecule has 1 heteroatoms. The molecule has 0 amide bonds. The fourth-order valence-electron chi connectivity index (χ4n) is 4.39. The second-order valence-corrected chi connectivity index (χ2v) is 7.44. The van der Waals surface area contributed by atoms with Gasteiger partial charge >= 0.3 is 0 Å². The Morgan fingerprint density at radius 1 is 0.607 bits per heavy atom. The van der Waals surface area contributed by atoms with Crippen LogP contribution in [0.1, 0.15) is 33.7 Å². The van der Waals surface area contributed by atoms with Crippen molar-refractivity contribution in [2.45, 2.75) is 19.0 Å². The summed E-state index contributed by atoms with van der Waals surface area (Å²) in [5, 5.41) is 0. The Labute approximate surface area is 166 Å². The number of benzene rings is 4. The van der Waals surface area contributed by atoms with Crippen molar-refractivity contribution < 1.29 is 0 Å². The minimum absolute atomic E-state index is 0.259. The summed E-state index contributed by atoms with van der Waals surface area (Å²) in [6.07, 6.45) is 0. The lowest BCUT2D eigenvalue weighted by Gasteiger charge is -2.26. The molecule has 1 aliphatic rings. The van der Waals surface area contributed by atoms with E-state index in [1.165, 1.54) is 33.5 Å². The predicted octanol–water partition coefficient (Wildman–Crippen LogP) is 6.39. The molecule has 0 radical (unpaired) electrons. The number of anilines is 1. The molecule has 0 N–H and O–H groups in total. The smallest absolute Gasteiger partial charge is 0.0436 e. The summed E-state index contributed by atoms with van der Waals surface area (Å²) in [7, 11) is 0. The highest BCUT2D eigenvalue weighted by atomic mass is 15.1. The Morgan fingerprint density at radius 3 is 2.00 bits per heavy atom. The monoisotopic (exact) mass is 361 g/mol. The number of rotatable bonds is 3. The molecule has 28 heavy (non-hydrogen) atoms. The number of nitrogens with zero attached hydrogens (tertiary/aromatic N) is 1. The van der Waals surface area contributed by atoms with Gasteiger partial charge in [0, 0.05) is 24.7 Å². The molecule has 1 atom stereocenters. The highest BCUT2D eigenvalue weighted by Gasteiger charge is 2.27. The van der Waals surface area contributed by atoms with E-state index in [2.05, 4.69) is 114 Å². The van der Waals surface area contributed by atoms with E-state index in [9.17, 15) is 0 Å². The van der Waals surface area contributed by atoms with E-state index >= 15 is 0 Å². The van der Waals surface area contributed by atoms with Crippen LogP contribution in [-0.2, 0) is 13.1 Å². The minimum atomic E-state index is 0.259. The van der Waals surface area contributed by atoms with Crippen LogP contribution in [0.3, 0.4) is 0 Å². The number of hydrogen-bond acceptors (Lipinski definition) is 1. The first kappa shape index (κ1) is 16.8. The van der Waals surface area contributed by atoms with Gasteiger partial charge in [-0.25, -0.2) is 0 Å². The van der Waals surface area contributed by atoms with Crippen molar-refractivity contribution >= 4 is 5.69 Å². The third-order valence-electron chi connectivity index (χ3n) is 5.66. The lowest BCUT2D eigenvalue weighted by atomic mass is 9.83. The van der Waals surface area contributed by atoms with E-state index in [1.807, 2.05) is 0 Å². The molecule has 0 aliphatic carbocycles. The van der Waals surface area contributed by atoms with Crippen molar-refractivity contribution in [2.75, 3.05) is 4.90 Å². The summed E-state index contributed by atoms with van der Waals surface area (Å²) in [5.41, 5.74) is 8.23. The van der Waals surface area contributed by atoms with Gasteiger partial charge in [-0.05, 0) is 33.9 Å². The van der Waals surface area contributed by atoms with Crippen LogP contribution in [-0.4, -0.2) is 0 Å². The fourth-order valence-corrected chi connectivity index (χ4v) is 4.39. The summed E-state index contributed by atoms with van der Waals surface area (Å²) < 4.78 is 0. The minimum Gasteiger partial charge on any atom is -0.363 e. The predicted molar refractivity (Wildman–Crippen MR) is 117 cm³/mol. The first-order valence-electron chi connectivity index (χ1n) is 9.91. The van der Waals surface area contributed by atoms with E-state index in [-0.39, 0.29) is 5.92 Å². The van der Waals surface area contributed by atoms with E-state index in [4.69, 9.17) is 0 Å². The molecule has 0 aromatic heterocycles. The SMILES string of the molecule is c1ccc(CN2Cc3ccccc3C(c3ccccc3)c3ccccc32)cc1. The molecular formula is C27H23N. The third kappa shape index (κ3) is 3.10. The maximum atomic E-state index is 2.52. The van der Waals surface area contributed by atoms with Crippen LogP contribution in [0.5, 0.6) is 0 Å². The van der Waals surface area contributed by atoms with Crippen LogP contribution in [0.15, 0.2) is 109 Å².